The molecule has 0 fully saturated rings. The Balaban J connectivity index is 1.42. The van der Waals surface area contributed by atoms with E-state index in [1.54, 1.807) is 13.8 Å². The van der Waals surface area contributed by atoms with E-state index >= 15 is 0 Å². The normalized spacial score (nSPS) is 12.6. The van der Waals surface area contributed by atoms with Crippen LogP contribution in [0.25, 0.3) is 55.2 Å². The van der Waals surface area contributed by atoms with E-state index in [9.17, 15) is 5.11 Å². The van der Waals surface area contributed by atoms with Gasteiger partial charge in [-0.3, -0.25) is 4.57 Å². The van der Waals surface area contributed by atoms with Crippen LogP contribution in [0.4, 0.5) is 0 Å². The van der Waals surface area contributed by atoms with Crippen LogP contribution >= 0.6 is 0 Å². The summed E-state index contributed by atoms with van der Waals surface area (Å²) in [5, 5.41) is 15.2. The van der Waals surface area contributed by atoms with Gasteiger partial charge in [0.1, 0.15) is 0 Å². The van der Waals surface area contributed by atoms with Crippen LogP contribution in [0, 0.1) is 0 Å². The zero-order valence-electron chi connectivity index (χ0n) is 23.7. The van der Waals surface area contributed by atoms with Crippen molar-refractivity contribution in [3.8, 4) is 11.6 Å². The lowest BCUT2D eigenvalue weighted by molar-refractivity contribution is -0.0893. The first-order chi connectivity index (χ1) is 19.7. The van der Waals surface area contributed by atoms with E-state index in [-0.39, 0.29) is 0 Å². The number of hydrogen-bond acceptors (Lipinski definition) is 4. The fraction of sp³-hybridized carbons (Fsp3) is 0.176. The minimum atomic E-state index is -0.982. The SMILES string of the molecule is CC(C)(O)C(C)(C)OBc1cnc(-n2c3ccccc3c3cc4c5ccccc5n(-c5ccccc5)c4cc32)nc1. The van der Waals surface area contributed by atoms with E-state index < -0.39 is 11.2 Å². The van der Waals surface area contributed by atoms with Crippen LogP contribution < -0.4 is 5.46 Å². The highest BCUT2D eigenvalue weighted by Gasteiger charge is 2.35. The maximum Gasteiger partial charge on any atom is 0.312 e. The summed E-state index contributed by atoms with van der Waals surface area (Å²) in [6.45, 7) is 7.28. The first kappa shape index (κ1) is 25.5. The first-order valence-corrected chi connectivity index (χ1v) is 13.9. The molecule has 0 aliphatic rings. The van der Waals surface area contributed by atoms with Crippen LogP contribution in [0.3, 0.4) is 0 Å². The Hall–Kier alpha value is -4.46. The van der Waals surface area contributed by atoms with Crippen LogP contribution in [0.2, 0.25) is 0 Å². The number of nitrogens with zero attached hydrogens (tertiary/aromatic N) is 4. The van der Waals surface area contributed by atoms with Crippen molar-refractivity contribution in [3.63, 3.8) is 0 Å². The smallest absolute Gasteiger partial charge is 0.312 e. The Morgan fingerprint density at radius 2 is 1.17 bits per heavy atom. The van der Waals surface area contributed by atoms with Crippen LogP contribution in [0.5, 0.6) is 0 Å². The number of hydrogen-bond donors (Lipinski definition) is 1. The molecule has 4 aromatic carbocycles. The summed E-state index contributed by atoms with van der Waals surface area (Å²) in [4.78, 5) is 9.58. The summed E-state index contributed by atoms with van der Waals surface area (Å²) >= 11 is 0. The zero-order chi connectivity index (χ0) is 28.4. The molecule has 0 spiro atoms. The quantitative estimate of drug-likeness (QED) is 0.256. The third-order valence-corrected chi connectivity index (χ3v) is 8.45. The molecule has 7 aromatic rings. The van der Waals surface area contributed by atoms with E-state index in [1.165, 1.54) is 16.3 Å². The van der Waals surface area contributed by atoms with E-state index in [2.05, 4.69) is 94.1 Å². The van der Waals surface area contributed by atoms with Gasteiger partial charge < -0.3 is 14.3 Å². The molecule has 0 saturated carbocycles. The van der Waals surface area contributed by atoms with Gasteiger partial charge in [-0.2, -0.15) is 0 Å². The van der Waals surface area contributed by atoms with E-state index in [0.717, 1.165) is 38.5 Å². The predicted octanol–water partition coefficient (Wildman–Crippen LogP) is 6.21. The number of aliphatic hydroxyl groups is 1. The molecule has 202 valence electrons. The second kappa shape index (κ2) is 9.30. The van der Waals surface area contributed by atoms with Crippen molar-refractivity contribution < 1.29 is 9.76 Å². The second-order valence-electron chi connectivity index (χ2n) is 11.7. The molecule has 3 heterocycles. The van der Waals surface area contributed by atoms with Crippen molar-refractivity contribution in [2.45, 2.75) is 38.9 Å². The lowest BCUT2D eigenvalue weighted by Gasteiger charge is -2.37. The molecule has 0 aliphatic heterocycles. The van der Waals surface area contributed by atoms with Gasteiger partial charge in [0.2, 0.25) is 5.95 Å². The molecule has 0 radical (unpaired) electrons. The zero-order valence-corrected chi connectivity index (χ0v) is 23.7. The van der Waals surface area contributed by atoms with Crippen molar-refractivity contribution in [3.05, 3.63) is 103 Å². The summed E-state index contributed by atoms with van der Waals surface area (Å²) in [5.41, 5.74) is 4.67. The average Bonchev–Trinajstić information content (AvgIpc) is 3.47. The molecule has 3 aromatic heterocycles. The fourth-order valence-electron chi connectivity index (χ4n) is 5.48. The van der Waals surface area contributed by atoms with Gasteiger partial charge in [-0.05, 0) is 69.6 Å². The highest BCUT2D eigenvalue weighted by atomic mass is 16.5. The predicted molar refractivity (Wildman–Crippen MR) is 169 cm³/mol. The van der Waals surface area contributed by atoms with Crippen LogP contribution in [0.1, 0.15) is 27.7 Å². The Labute approximate surface area is 239 Å². The van der Waals surface area contributed by atoms with Gasteiger partial charge in [0.05, 0.1) is 33.3 Å². The third-order valence-electron chi connectivity index (χ3n) is 8.45. The van der Waals surface area contributed by atoms with Crippen molar-refractivity contribution in [1.82, 2.24) is 19.1 Å². The summed E-state index contributed by atoms with van der Waals surface area (Å²) in [6.07, 6.45) is 3.62. The molecule has 0 unspecified atom stereocenters. The van der Waals surface area contributed by atoms with Gasteiger partial charge in [0, 0.05) is 39.6 Å². The van der Waals surface area contributed by atoms with Crippen LogP contribution in [-0.2, 0) is 4.65 Å². The van der Waals surface area contributed by atoms with Gasteiger partial charge in [-0.25, -0.2) is 9.97 Å². The molecule has 0 aliphatic carbocycles. The molecule has 0 atom stereocenters. The lowest BCUT2D eigenvalue weighted by Crippen LogP contribution is -2.49. The molecule has 0 bridgehead atoms. The summed E-state index contributed by atoms with van der Waals surface area (Å²) < 4.78 is 10.5. The molecular weight excluding hydrogens is 507 g/mol. The molecular formula is C34H31BN4O2. The third kappa shape index (κ3) is 4.12. The Bertz CT molecular complexity index is 2050. The number of benzene rings is 4. The lowest BCUT2D eigenvalue weighted by atomic mass is 9.84. The highest BCUT2D eigenvalue weighted by molar-refractivity contribution is 6.46. The number of para-hydroxylation sites is 3. The second-order valence-corrected chi connectivity index (χ2v) is 11.7. The van der Waals surface area contributed by atoms with Crippen LogP contribution in [-0.4, -0.2) is 42.9 Å². The van der Waals surface area contributed by atoms with Gasteiger partial charge in [-0.1, -0.05) is 54.6 Å². The van der Waals surface area contributed by atoms with Crippen molar-refractivity contribution in [2.75, 3.05) is 0 Å². The Morgan fingerprint density at radius 3 is 1.78 bits per heavy atom. The van der Waals surface area contributed by atoms with E-state index in [0.29, 0.717) is 13.4 Å². The fourth-order valence-corrected chi connectivity index (χ4v) is 5.48. The van der Waals surface area contributed by atoms with Crippen molar-refractivity contribution in [1.29, 1.82) is 0 Å². The van der Waals surface area contributed by atoms with Crippen LogP contribution in [0.15, 0.2) is 103 Å². The van der Waals surface area contributed by atoms with Gasteiger partial charge in [0.25, 0.3) is 0 Å². The minimum Gasteiger partial charge on any atom is -0.427 e. The van der Waals surface area contributed by atoms with Gasteiger partial charge in [0.15, 0.2) is 0 Å². The molecule has 6 nitrogen and oxygen atoms in total. The number of rotatable bonds is 6. The topological polar surface area (TPSA) is 65.1 Å². The molecule has 7 rings (SSSR count). The summed E-state index contributed by atoms with van der Waals surface area (Å²) in [5.74, 6) is 0.600. The Morgan fingerprint density at radius 1 is 0.634 bits per heavy atom. The number of aromatic nitrogens is 4. The average molecular weight is 538 g/mol. The first-order valence-electron chi connectivity index (χ1n) is 13.9. The maximum atomic E-state index is 10.4. The highest BCUT2D eigenvalue weighted by Crippen LogP contribution is 2.39. The summed E-state index contributed by atoms with van der Waals surface area (Å²) in [6, 6.07) is 32.1. The Kier molecular flexibility index (Phi) is 5.78. The molecule has 1 N–H and O–H groups in total. The number of fused-ring (bicyclic) bond motifs is 6. The molecule has 0 saturated heterocycles. The molecule has 7 heteroatoms. The van der Waals surface area contributed by atoms with Crippen molar-refractivity contribution >= 4 is 56.6 Å². The molecule has 41 heavy (non-hydrogen) atoms. The summed E-state index contributed by atoms with van der Waals surface area (Å²) in [7, 11) is 0.308. The standard InChI is InChI=1S/C34H31BN4O2/c1-33(2,40)34(3,4)41-35-22-20-36-32(37-21-22)39-29-17-11-9-15-25(29)27-18-26-24-14-8-10-16-28(24)38(30(26)19-31(27)39)23-12-6-5-7-13-23/h5-21,35,40H,1-4H3. The van der Waals surface area contributed by atoms with E-state index in [1.807, 2.05) is 32.3 Å². The van der Waals surface area contributed by atoms with E-state index in [4.69, 9.17) is 14.6 Å². The molecule has 0 amide bonds. The van der Waals surface area contributed by atoms with Gasteiger partial charge >= 0.3 is 7.48 Å². The minimum absolute atomic E-state index is 0.308. The largest absolute Gasteiger partial charge is 0.427 e. The maximum absolute atomic E-state index is 10.4. The van der Waals surface area contributed by atoms with Gasteiger partial charge in [-0.15, -0.1) is 0 Å². The monoisotopic (exact) mass is 538 g/mol. The van der Waals surface area contributed by atoms with Crippen molar-refractivity contribution in [2.24, 2.45) is 0 Å².